The predicted octanol–water partition coefficient (Wildman–Crippen LogP) is 0.0166. The summed E-state index contributed by atoms with van der Waals surface area (Å²) in [6.45, 7) is 0. The highest BCUT2D eigenvalue weighted by atomic mass is 32.2. The van der Waals surface area contributed by atoms with Crippen molar-refractivity contribution in [3.63, 3.8) is 0 Å². The van der Waals surface area contributed by atoms with E-state index < -0.39 is 29.4 Å². The van der Waals surface area contributed by atoms with Crippen LogP contribution in [0.15, 0.2) is 16.9 Å². The van der Waals surface area contributed by atoms with Crippen molar-refractivity contribution in [1.82, 2.24) is 10.3 Å². The second-order valence-electron chi connectivity index (χ2n) is 3.76. The number of carbonyl (C=O) groups is 2. The van der Waals surface area contributed by atoms with Crippen LogP contribution in [0.1, 0.15) is 16.8 Å². The molecule has 0 unspecified atom stereocenters. The molecule has 4 N–H and O–H groups in total. The number of thioether (sulfide) groups is 1. The Morgan fingerprint density at radius 3 is 2.68 bits per heavy atom. The van der Waals surface area contributed by atoms with E-state index in [0.717, 1.165) is 12.1 Å². The van der Waals surface area contributed by atoms with E-state index in [4.69, 9.17) is 5.11 Å². The minimum Gasteiger partial charge on any atom is -0.494 e. The zero-order valence-corrected chi connectivity index (χ0v) is 11.0. The fraction of sp³-hybridized carbons (Fsp3) is 0.364. The van der Waals surface area contributed by atoms with Gasteiger partial charge in [0.25, 0.3) is 11.5 Å². The number of carboxylic acid groups (broad SMARTS) is 1. The first kappa shape index (κ1) is 15.1. The molecule has 0 aromatic carbocycles. The van der Waals surface area contributed by atoms with E-state index >= 15 is 0 Å². The van der Waals surface area contributed by atoms with Crippen LogP contribution in [0, 0.1) is 0 Å². The van der Waals surface area contributed by atoms with Gasteiger partial charge >= 0.3 is 5.97 Å². The first-order chi connectivity index (χ1) is 8.93. The lowest BCUT2D eigenvalue weighted by Gasteiger charge is -2.13. The predicted molar refractivity (Wildman–Crippen MR) is 70.6 cm³/mol. The highest BCUT2D eigenvalue weighted by Crippen LogP contribution is 2.06. The molecule has 0 aliphatic carbocycles. The van der Waals surface area contributed by atoms with Gasteiger partial charge in [-0.3, -0.25) is 14.6 Å². The molecule has 1 rings (SSSR count). The molecule has 19 heavy (non-hydrogen) atoms. The van der Waals surface area contributed by atoms with Crippen LogP contribution >= 0.6 is 11.8 Å². The van der Waals surface area contributed by atoms with Gasteiger partial charge in [-0.05, 0) is 18.4 Å². The second kappa shape index (κ2) is 6.83. The molecule has 1 aromatic rings. The maximum Gasteiger partial charge on any atom is 0.326 e. The highest BCUT2D eigenvalue weighted by Gasteiger charge is 2.20. The standard InChI is InChI=1S/C11H14N2O5S/c1-19-3-2-7(11(17)18)12-10(16)6-4-8(14)13-9(15)5-6/h4-5,7H,2-3H2,1H3,(H,12,16)(H,17,18)(H2,13,14,15)/t7-/m1/s1. The number of aromatic hydroxyl groups is 1. The number of rotatable bonds is 6. The molecule has 0 radical (unpaired) electrons. The van der Waals surface area contributed by atoms with Gasteiger partial charge in [0.05, 0.1) is 5.56 Å². The maximum atomic E-state index is 11.8. The first-order valence-corrected chi connectivity index (χ1v) is 6.79. The number of hydrogen-bond acceptors (Lipinski definition) is 5. The van der Waals surface area contributed by atoms with E-state index in [-0.39, 0.29) is 12.0 Å². The van der Waals surface area contributed by atoms with E-state index in [0.29, 0.717) is 5.75 Å². The van der Waals surface area contributed by atoms with Crippen molar-refractivity contribution in [1.29, 1.82) is 0 Å². The van der Waals surface area contributed by atoms with Crippen LogP contribution in [0.2, 0.25) is 0 Å². The largest absolute Gasteiger partial charge is 0.494 e. The van der Waals surface area contributed by atoms with Crippen molar-refractivity contribution in [3.05, 3.63) is 28.0 Å². The van der Waals surface area contributed by atoms with E-state index in [9.17, 15) is 19.5 Å². The number of hydrogen-bond donors (Lipinski definition) is 4. The summed E-state index contributed by atoms with van der Waals surface area (Å²) in [7, 11) is 0. The summed E-state index contributed by atoms with van der Waals surface area (Å²) >= 11 is 1.47. The molecule has 1 heterocycles. The number of aromatic amines is 1. The van der Waals surface area contributed by atoms with Crippen molar-refractivity contribution in [2.75, 3.05) is 12.0 Å². The number of carboxylic acids is 1. The highest BCUT2D eigenvalue weighted by molar-refractivity contribution is 7.98. The molecule has 1 aromatic heterocycles. The smallest absolute Gasteiger partial charge is 0.326 e. The Bertz CT molecular complexity index is 528. The summed E-state index contributed by atoms with van der Waals surface area (Å²) in [5.41, 5.74) is -0.724. The summed E-state index contributed by atoms with van der Waals surface area (Å²) in [5, 5.41) is 20.4. The fourth-order valence-electron chi connectivity index (χ4n) is 1.39. The van der Waals surface area contributed by atoms with Gasteiger partial charge in [-0.15, -0.1) is 0 Å². The molecule has 1 amide bonds. The normalized spacial score (nSPS) is 11.8. The molecule has 0 aliphatic rings. The Balaban J connectivity index is 2.81. The molecule has 0 spiro atoms. The number of aromatic nitrogens is 1. The third-order valence-corrected chi connectivity index (χ3v) is 2.95. The third-order valence-electron chi connectivity index (χ3n) is 2.31. The lowest BCUT2D eigenvalue weighted by molar-refractivity contribution is -0.139. The van der Waals surface area contributed by atoms with Crippen LogP contribution in [0.25, 0.3) is 0 Å². The zero-order chi connectivity index (χ0) is 14.4. The van der Waals surface area contributed by atoms with Gasteiger partial charge in [0, 0.05) is 12.1 Å². The fourth-order valence-corrected chi connectivity index (χ4v) is 1.87. The van der Waals surface area contributed by atoms with Crippen molar-refractivity contribution in [2.24, 2.45) is 0 Å². The Morgan fingerprint density at radius 1 is 1.47 bits per heavy atom. The Kier molecular flexibility index (Phi) is 5.43. The van der Waals surface area contributed by atoms with Gasteiger partial charge in [-0.2, -0.15) is 11.8 Å². The van der Waals surface area contributed by atoms with Gasteiger partial charge in [-0.25, -0.2) is 4.79 Å². The molecule has 0 saturated carbocycles. The second-order valence-corrected chi connectivity index (χ2v) is 4.75. The number of pyridine rings is 1. The van der Waals surface area contributed by atoms with Gasteiger partial charge < -0.3 is 15.5 Å². The van der Waals surface area contributed by atoms with Gasteiger partial charge in [0.1, 0.15) is 6.04 Å². The van der Waals surface area contributed by atoms with Crippen LogP contribution in [0.4, 0.5) is 0 Å². The van der Waals surface area contributed by atoms with E-state index in [1.54, 1.807) is 0 Å². The minimum absolute atomic E-state index is 0.0864. The molecule has 8 heteroatoms. The zero-order valence-electron chi connectivity index (χ0n) is 10.2. The maximum absolute atomic E-state index is 11.8. The number of amides is 1. The molecule has 0 fully saturated rings. The van der Waals surface area contributed by atoms with E-state index in [2.05, 4.69) is 10.3 Å². The summed E-state index contributed by atoms with van der Waals surface area (Å²) in [5.74, 6) is -1.72. The summed E-state index contributed by atoms with van der Waals surface area (Å²) in [6.07, 6.45) is 2.10. The van der Waals surface area contributed by atoms with E-state index in [1.807, 2.05) is 6.26 Å². The van der Waals surface area contributed by atoms with Gasteiger partial charge in [0.15, 0.2) is 5.88 Å². The molecule has 0 saturated heterocycles. The average Bonchev–Trinajstić information content (AvgIpc) is 2.32. The lowest BCUT2D eigenvalue weighted by Crippen LogP contribution is -2.41. The quantitative estimate of drug-likeness (QED) is 0.585. The summed E-state index contributed by atoms with van der Waals surface area (Å²) < 4.78 is 0. The molecule has 104 valence electrons. The van der Waals surface area contributed by atoms with Crippen LogP contribution < -0.4 is 10.9 Å². The SMILES string of the molecule is CSCC[C@@H](NC(=O)c1cc(O)[nH]c(=O)c1)C(=O)O. The topological polar surface area (TPSA) is 119 Å². The van der Waals surface area contributed by atoms with Gasteiger partial charge in [0.2, 0.25) is 0 Å². The number of carbonyl (C=O) groups excluding carboxylic acids is 1. The number of aliphatic carboxylic acids is 1. The van der Waals surface area contributed by atoms with Crippen LogP contribution in [0.5, 0.6) is 5.88 Å². The Labute approximate surface area is 113 Å². The molecule has 0 bridgehead atoms. The van der Waals surface area contributed by atoms with Crippen molar-refractivity contribution >= 4 is 23.6 Å². The van der Waals surface area contributed by atoms with Crippen LogP contribution in [0.3, 0.4) is 0 Å². The van der Waals surface area contributed by atoms with E-state index in [1.165, 1.54) is 11.8 Å². The first-order valence-electron chi connectivity index (χ1n) is 5.40. The Morgan fingerprint density at radius 2 is 2.16 bits per heavy atom. The summed E-state index contributed by atoms with van der Waals surface area (Å²) in [6, 6.07) is 1.02. The molecule has 7 nitrogen and oxygen atoms in total. The third kappa shape index (κ3) is 4.66. The average molecular weight is 286 g/mol. The number of H-pyrrole nitrogens is 1. The van der Waals surface area contributed by atoms with Crippen molar-refractivity contribution in [3.8, 4) is 5.88 Å². The Hall–Kier alpha value is -1.96. The minimum atomic E-state index is -1.14. The van der Waals surface area contributed by atoms with Crippen LogP contribution in [-0.4, -0.2) is 45.1 Å². The molecule has 0 aliphatic heterocycles. The van der Waals surface area contributed by atoms with Crippen molar-refractivity contribution < 1.29 is 19.8 Å². The lowest BCUT2D eigenvalue weighted by atomic mass is 10.2. The monoisotopic (exact) mass is 286 g/mol. The molecule has 1 atom stereocenters. The number of nitrogens with one attached hydrogen (secondary N) is 2. The van der Waals surface area contributed by atoms with Crippen molar-refractivity contribution in [2.45, 2.75) is 12.5 Å². The summed E-state index contributed by atoms with van der Waals surface area (Å²) in [4.78, 5) is 35.9. The van der Waals surface area contributed by atoms with Crippen LogP contribution in [-0.2, 0) is 4.79 Å². The van der Waals surface area contributed by atoms with Gasteiger partial charge in [-0.1, -0.05) is 0 Å². The molecular formula is C11H14N2O5S. The molecular weight excluding hydrogens is 272 g/mol.